The molecule has 21 heavy (non-hydrogen) atoms. The SMILES string of the molecule is COc1cc(C(O)c2cc(Cl)cc(Br)c2OC)ccc1F. The Labute approximate surface area is 135 Å². The molecule has 0 heterocycles. The first-order chi connectivity index (χ1) is 9.97. The number of rotatable bonds is 4. The predicted octanol–water partition coefficient (Wildman–Crippen LogP) is 4.34. The lowest BCUT2D eigenvalue weighted by atomic mass is 10.0. The summed E-state index contributed by atoms with van der Waals surface area (Å²) in [5.41, 5.74) is 0.950. The molecule has 2 aromatic rings. The van der Waals surface area contributed by atoms with Gasteiger partial charge in [0.2, 0.25) is 0 Å². The molecule has 1 N–H and O–H groups in total. The Balaban J connectivity index is 2.51. The molecule has 1 atom stereocenters. The minimum Gasteiger partial charge on any atom is -0.495 e. The van der Waals surface area contributed by atoms with E-state index in [0.717, 1.165) is 0 Å². The fourth-order valence-electron chi connectivity index (χ4n) is 2.02. The second kappa shape index (κ2) is 6.64. The van der Waals surface area contributed by atoms with Crippen LogP contribution >= 0.6 is 27.5 Å². The van der Waals surface area contributed by atoms with Crippen molar-refractivity contribution >= 4 is 27.5 Å². The van der Waals surface area contributed by atoms with Crippen molar-refractivity contribution in [1.82, 2.24) is 0 Å². The Morgan fingerprint density at radius 2 is 1.90 bits per heavy atom. The summed E-state index contributed by atoms with van der Waals surface area (Å²) in [6.07, 6.45) is -1.02. The average molecular weight is 376 g/mol. The number of halogens is 3. The molecule has 2 rings (SSSR count). The van der Waals surface area contributed by atoms with Crippen molar-refractivity contribution in [3.05, 3.63) is 56.8 Å². The van der Waals surface area contributed by atoms with Crippen LogP contribution in [0.1, 0.15) is 17.2 Å². The van der Waals surface area contributed by atoms with Crippen LogP contribution in [0.25, 0.3) is 0 Å². The lowest BCUT2D eigenvalue weighted by molar-refractivity contribution is 0.213. The van der Waals surface area contributed by atoms with Gasteiger partial charge in [0.25, 0.3) is 0 Å². The molecular weight excluding hydrogens is 363 g/mol. The summed E-state index contributed by atoms with van der Waals surface area (Å²) < 4.78 is 24.3. The van der Waals surface area contributed by atoms with Crippen molar-refractivity contribution in [3.8, 4) is 11.5 Å². The lowest BCUT2D eigenvalue weighted by Crippen LogP contribution is -2.04. The average Bonchev–Trinajstić information content (AvgIpc) is 2.46. The summed E-state index contributed by atoms with van der Waals surface area (Å²) in [4.78, 5) is 0. The molecule has 1 unspecified atom stereocenters. The fourth-order valence-corrected chi connectivity index (χ4v) is 3.02. The summed E-state index contributed by atoms with van der Waals surface area (Å²) in [5.74, 6) is 0.0366. The van der Waals surface area contributed by atoms with E-state index in [0.29, 0.717) is 26.4 Å². The van der Waals surface area contributed by atoms with Gasteiger partial charge in [0.15, 0.2) is 11.6 Å². The molecule has 0 saturated carbocycles. The van der Waals surface area contributed by atoms with Crippen molar-refractivity contribution in [2.24, 2.45) is 0 Å². The smallest absolute Gasteiger partial charge is 0.165 e. The zero-order valence-electron chi connectivity index (χ0n) is 11.4. The quantitative estimate of drug-likeness (QED) is 0.864. The van der Waals surface area contributed by atoms with Gasteiger partial charge in [-0.1, -0.05) is 17.7 Å². The summed E-state index contributed by atoms with van der Waals surface area (Å²) >= 11 is 9.35. The number of aliphatic hydroxyl groups excluding tert-OH is 1. The van der Waals surface area contributed by atoms with E-state index >= 15 is 0 Å². The van der Waals surface area contributed by atoms with E-state index in [1.807, 2.05) is 0 Å². The third-order valence-corrected chi connectivity index (χ3v) is 3.83. The number of hydrogen-bond acceptors (Lipinski definition) is 3. The Morgan fingerprint density at radius 3 is 2.52 bits per heavy atom. The van der Waals surface area contributed by atoms with E-state index in [1.54, 1.807) is 12.1 Å². The van der Waals surface area contributed by atoms with Gasteiger partial charge in [0.1, 0.15) is 11.9 Å². The van der Waals surface area contributed by atoms with Crippen LogP contribution in [0.2, 0.25) is 5.02 Å². The van der Waals surface area contributed by atoms with Gasteiger partial charge in [-0.15, -0.1) is 0 Å². The summed E-state index contributed by atoms with van der Waals surface area (Å²) in [5, 5.41) is 11.0. The van der Waals surface area contributed by atoms with E-state index in [-0.39, 0.29) is 5.75 Å². The van der Waals surface area contributed by atoms with E-state index in [9.17, 15) is 9.50 Å². The normalized spacial score (nSPS) is 12.1. The van der Waals surface area contributed by atoms with Crippen LogP contribution in [-0.4, -0.2) is 19.3 Å². The van der Waals surface area contributed by atoms with Crippen LogP contribution in [-0.2, 0) is 0 Å². The maximum atomic E-state index is 13.4. The van der Waals surface area contributed by atoms with Gasteiger partial charge >= 0.3 is 0 Å². The highest BCUT2D eigenvalue weighted by Gasteiger charge is 2.20. The van der Waals surface area contributed by atoms with Crippen molar-refractivity contribution in [1.29, 1.82) is 0 Å². The van der Waals surface area contributed by atoms with E-state index in [4.69, 9.17) is 21.1 Å². The highest BCUT2D eigenvalue weighted by atomic mass is 79.9. The molecule has 0 radical (unpaired) electrons. The zero-order chi connectivity index (χ0) is 15.6. The number of ether oxygens (including phenoxy) is 2. The van der Waals surface area contributed by atoms with Gasteiger partial charge in [-0.05, 0) is 45.8 Å². The van der Waals surface area contributed by atoms with Gasteiger partial charge < -0.3 is 14.6 Å². The van der Waals surface area contributed by atoms with Crippen LogP contribution in [0.15, 0.2) is 34.8 Å². The van der Waals surface area contributed by atoms with Crippen molar-refractivity contribution in [3.63, 3.8) is 0 Å². The Bertz CT molecular complexity index is 664. The molecule has 0 saturated heterocycles. The molecule has 0 amide bonds. The van der Waals surface area contributed by atoms with E-state index in [2.05, 4.69) is 15.9 Å². The maximum absolute atomic E-state index is 13.4. The molecular formula is C15H13BrClFO3. The fraction of sp³-hybridized carbons (Fsp3) is 0.200. The molecule has 3 nitrogen and oxygen atoms in total. The molecule has 112 valence electrons. The maximum Gasteiger partial charge on any atom is 0.165 e. The summed E-state index contributed by atoms with van der Waals surface area (Å²) in [7, 11) is 2.86. The monoisotopic (exact) mass is 374 g/mol. The summed E-state index contributed by atoms with van der Waals surface area (Å²) in [6.45, 7) is 0. The van der Waals surface area contributed by atoms with Gasteiger partial charge in [-0.2, -0.15) is 0 Å². The second-order valence-corrected chi connectivity index (χ2v) is 5.60. The third kappa shape index (κ3) is 3.31. The molecule has 6 heteroatoms. The van der Waals surface area contributed by atoms with Gasteiger partial charge in [-0.3, -0.25) is 0 Å². The van der Waals surface area contributed by atoms with Gasteiger partial charge in [-0.25, -0.2) is 4.39 Å². The Morgan fingerprint density at radius 1 is 1.19 bits per heavy atom. The topological polar surface area (TPSA) is 38.7 Å². The van der Waals surface area contributed by atoms with Crippen LogP contribution < -0.4 is 9.47 Å². The minimum atomic E-state index is -1.02. The molecule has 0 bridgehead atoms. The molecule has 0 fully saturated rings. The van der Waals surface area contributed by atoms with Crippen LogP contribution in [0.5, 0.6) is 11.5 Å². The molecule has 0 aliphatic rings. The van der Waals surface area contributed by atoms with Crippen molar-refractivity contribution in [2.45, 2.75) is 6.10 Å². The molecule has 2 aromatic carbocycles. The number of methoxy groups -OCH3 is 2. The number of aliphatic hydroxyl groups is 1. The Hall–Kier alpha value is -1.30. The standard InChI is InChI=1S/C15H13BrClFO3/c1-20-13-5-8(3-4-12(13)18)14(19)10-6-9(17)7-11(16)15(10)21-2/h3-7,14,19H,1-2H3. The number of benzene rings is 2. The Kier molecular flexibility index (Phi) is 5.08. The highest BCUT2D eigenvalue weighted by molar-refractivity contribution is 9.10. The number of hydrogen-bond donors (Lipinski definition) is 1. The predicted molar refractivity (Wildman–Crippen MR) is 82.7 cm³/mol. The van der Waals surface area contributed by atoms with Crippen LogP contribution in [0.4, 0.5) is 4.39 Å². The summed E-state index contributed by atoms with van der Waals surface area (Å²) in [6, 6.07) is 7.43. The van der Waals surface area contributed by atoms with E-state index < -0.39 is 11.9 Å². The third-order valence-electron chi connectivity index (χ3n) is 3.03. The van der Waals surface area contributed by atoms with Crippen molar-refractivity contribution < 1.29 is 19.0 Å². The van der Waals surface area contributed by atoms with Crippen LogP contribution in [0.3, 0.4) is 0 Å². The first-order valence-corrected chi connectivity index (χ1v) is 7.19. The first kappa shape index (κ1) is 16.1. The molecule has 0 spiro atoms. The van der Waals surface area contributed by atoms with E-state index in [1.165, 1.54) is 32.4 Å². The molecule has 0 aliphatic carbocycles. The first-order valence-electron chi connectivity index (χ1n) is 6.02. The van der Waals surface area contributed by atoms with Crippen molar-refractivity contribution in [2.75, 3.05) is 14.2 Å². The van der Waals surface area contributed by atoms with Gasteiger partial charge in [0.05, 0.1) is 18.7 Å². The lowest BCUT2D eigenvalue weighted by Gasteiger charge is -2.17. The van der Waals surface area contributed by atoms with Gasteiger partial charge in [0, 0.05) is 10.6 Å². The second-order valence-electron chi connectivity index (χ2n) is 4.31. The minimum absolute atomic E-state index is 0.0617. The largest absolute Gasteiger partial charge is 0.495 e. The zero-order valence-corrected chi connectivity index (χ0v) is 13.7. The van der Waals surface area contributed by atoms with Crippen LogP contribution in [0, 0.1) is 5.82 Å². The molecule has 0 aliphatic heterocycles. The molecule has 0 aromatic heterocycles. The highest BCUT2D eigenvalue weighted by Crippen LogP contribution is 2.39.